The van der Waals surface area contributed by atoms with E-state index in [1.54, 1.807) is 0 Å². The van der Waals surface area contributed by atoms with Gasteiger partial charge in [0.25, 0.3) is 0 Å². The van der Waals surface area contributed by atoms with Crippen LogP contribution in [0.4, 0.5) is 4.79 Å². The second-order valence-electron chi connectivity index (χ2n) is 6.34. The molecule has 1 atom stereocenters. The summed E-state index contributed by atoms with van der Waals surface area (Å²) in [6, 6.07) is 7.95. The summed E-state index contributed by atoms with van der Waals surface area (Å²) in [4.78, 5) is 11.7. The minimum Gasteiger partial charge on any atom is -0.444 e. The van der Waals surface area contributed by atoms with E-state index in [2.05, 4.69) is 15.5 Å². The van der Waals surface area contributed by atoms with Crippen LogP contribution in [0.2, 0.25) is 0 Å². The summed E-state index contributed by atoms with van der Waals surface area (Å²) in [6.07, 6.45) is 4.33. The van der Waals surface area contributed by atoms with Gasteiger partial charge in [-0.05, 0) is 46.3 Å². The topological polar surface area (TPSA) is 67.0 Å². The zero-order valence-corrected chi connectivity index (χ0v) is 13.5. The highest BCUT2D eigenvalue weighted by atomic mass is 16.6. The SMILES string of the molecule is C[C@@H](C/C=C/c1[nH]nc2ccccc12)NC(=O)OC(C)(C)C. The number of aromatic nitrogens is 2. The molecular weight excluding hydrogens is 278 g/mol. The fourth-order valence-corrected chi connectivity index (χ4v) is 2.06. The van der Waals surface area contributed by atoms with Crippen LogP contribution >= 0.6 is 0 Å². The number of hydrogen-bond donors (Lipinski definition) is 2. The first kappa shape index (κ1) is 16.1. The van der Waals surface area contributed by atoms with Gasteiger partial charge < -0.3 is 10.1 Å². The van der Waals surface area contributed by atoms with Gasteiger partial charge in [0.05, 0.1) is 11.2 Å². The molecule has 0 fully saturated rings. The van der Waals surface area contributed by atoms with Crippen molar-refractivity contribution in [3.05, 3.63) is 36.0 Å². The number of carbonyl (C=O) groups is 1. The van der Waals surface area contributed by atoms with E-state index in [1.165, 1.54) is 0 Å². The van der Waals surface area contributed by atoms with Crippen molar-refractivity contribution in [3.63, 3.8) is 0 Å². The fourth-order valence-electron chi connectivity index (χ4n) is 2.06. The van der Waals surface area contributed by atoms with Crippen LogP contribution < -0.4 is 5.32 Å². The molecule has 5 heteroatoms. The molecule has 1 amide bonds. The van der Waals surface area contributed by atoms with E-state index in [0.29, 0.717) is 6.42 Å². The molecule has 0 aliphatic rings. The summed E-state index contributed by atoms with van der Waals surface area (Å²) < 4.78 is 5.23. The van der Waals surface area contributed by atoms with Gasteiger partial charge in [-0.2, -0.15) is 5.10 Å². The fraction of sp³-hybridized carbons (Fsp3) is 0.412. The summed E-state index contributed by atoms with van der Waals surface area (Å²) in [7, 11) is 0. The lowest BCUT2D eigenvalue weighted by molar-refractivity contribution is 0.0509. The number of fused-ring (bicyclic) bond motifs is 1. The van der Waals surface area contributed by atoms with E-state index in [-0.39, 0.29) is 12.1 Å². The maximum absolute atomic E-state index is 11.7. The maximum atomic E-state index is 11.7. The largest absolute Gasteiger partial charge is 0.444 e. The van der Waals surface area contributed by atoms with E-state index < -0.39 is 5.60 Å². The van der Waals surface area contributed by atoms with E-state index in [0.717, 1.165) is 16.6 Å². The third-order valence-electron chi connectivity index (χ3n) is 3.03. The molecule has 2 rings (SSSR count). The predicted molar refractivity (Wildman–Crippen MR) is 88.6 cm³/mol. The molecule has 22 heavy (non-hydrogen) atoms. The van der Waals surface area contributed by atoms with Crippen molar-refractivity contribution in [2.45, 2.75) is 45.8 Å². The molecule has 0 radical (unpaired) electrons. The first-order valence-corrected chi connectivity index (χ1v) is 7.44. The molecule has 1 heterocycles. The summed E-state index contributed by atoms with van der Waals surface area (Å²) in [6.45, 7) is 7.49. The van der Waals surface area contributed by atoms with Crippen molar-refractivity contribution < 1.29 is 9.53 Å². The Morgan fingerprint density at radius 3 is 2.86 bits per heavy atom. The molecule has 0 saturated heterocycles. The minimum atomic E-state index is -0.478. The highest BCUT2D eigenvalue weighted by Crippen LogP contribution is 2.16. The van der Waals surface area contributed by atoms with Gasteiger partial charge in [-0.3, -0.25) is 5.10 Å². The molecule has 2 aromatic rings. The molecule has 0 aliphatic carbocycles. The van der Waals surface area contributed by atoms with Gasteiger partial charge in [0.2, 0.25) is 0 Å². The Labute approximate surface area is 130 Å². The van der Waals surface area contributed by atoms with Crippen molar-refractivity contribution in [3.8, 4) is 0 Å². The smallest absolute Gasteiger partial charge is 0.407 e. The standard InChI is InChI=1S/C17H23N3O2/c1-12(18-16(21)22-17(2,3)4)8-7-11-15-13-9-5-6-10-14(13)19-20-15/h5-7,9-12H,8H2,1-4H3,(H,18,21)(H,19,20)/b11-7+/t12-/m0/s1. The van der Waals surface area contributed by atoms with Gasteiger partial charge in [-0.1, -0.05) is 24.3 Å². The zero-order valence-electron chi connectivity index (χ0n) is 13.5. The maximum Gasteiger partial charge on any atom is 0.407 e. The molecule has 0 bridgehead atoms. The molecule has 5 nitrogen and oxygen atoms in total. The first-order valence-electron chi connectivity index (χ1n) is 7.44. The van der Waals surface area contributed by atoms with E-state index >= 15 is 0 Å². The van der Waals surface area contributed by atoms with Crippen LogP contribution in [-0.4, -0.2) is 27.9 Å². The average molecular weight is 301 g/mol. The second-order valence-corrected chi connectivity index (χ2v) is 6.34. The van der Waals surface area contributed by atoms with Crippen LogP contribution in [0.15, 0.2) is 30.3 Å². The predicted octanol–water partition coefficient (Wildman–Crippen LogP) is 3.88. The highest BCUT2D eigenvalue weighted by Gasteiger charge is 2.17. The molecule has 0 aliphatic heterocycles. The number of para-hydroxylation sites is 1. The third-order valence-corrected chi connectivity index (χ3v) is 3.03. The van der Waals surface area contributed by atoms with E-state index in [9.17, 15) is 4.79 Å². The first-order chi connectivity index (χ1) is 10.3. The van der Waals surface area contributed by atoms with Crippen LogP contribution in [-0.2, 0) is 4.74 Å². The van der Waals surface area contributed by atoms with Crippen molar-refractivity contribution in [1.29, 1.82) is 0 Å². The average Bonchev–Trinajstić information content (AvgIpc) is 2.80. The number of H-pyrrole nitrogens is 1. The van der Waals surface area contributed by atoms with Crippen LogP contribution in [0.25, 0.3) is 17.0 Å². The Morgan fingerprint density at radius 2 is 2.14 bits per heavy atom. The van der Waals surface area contributed by atoms with Gasteiger partial charge in [-0.25, -0.2) is 4.79 Å². The minimum absolute atomic E-state index is 0.000264. The number of aromatic amines is 1. The number of carbonyl (C=O) groups excluding carboxylic acids is 1. The summed E-state index contributed by atoms with van der Waals surface area (Å²) in [5.41, 5.74) is 1.44. The summed E-state index contributed by atoms with van der Waals surface area (Å²) >= 11 is 0. The molecule has 2 N–H and O–H groups in total. The summed E-state index contributed by atoms with van der Waals surface area (Å²) in [5, 5.41) is 11.2. The van der Waals surface area contributed by atoms with Crippen LogP contribution in [0.5, 0.6) is 0 Å². The van der Waals surface area contributed by atoms with E-state index in [1.807, 2.05) is 64.1 Å². The van der Waals surface area contributed by atoms with Crippen molar-refractivity contribution in [2.75, 3.05) is 0 Å². The lowest BCUT2D eigenvalue weighted by Gasteiger charge is -2.21. The number of alkyl carbamates (subject to hydrolysis) is 1. The second kappa shape index (κ2) is 6.64. The highest BCUT2D eigenvalue weighted by molar-refractivity contribution is 5.86. The van der Waals surface area contributed by atoms with Crippen LogP contribution in [0.3, 0.4) is 0 Å². The van der Waals surface area contributed by atoms with Crippen molar-refractivity contribution in [2.24, 2.45) is 0 Å². The van der Waals surface area contributed by atoms with Gasteiger partial charge in [0.15, 0.2) is 0 Å². The normalized spacial score (nSPS) is 13.5. The number of amides is 1. The van der Waals surface area contributed by atoms with Crippen molar-refractivity contribution >= 4 is 23.1 Å². The molecular formula is C17H23N3O2. The Kier molecular flexibility index (Phi) is 4.85. The molecule has 0 spiro atoms. The van der Waals surface area contributed by atoms with Crippen molar-refractivity contribution in [1.82, 2.24) is 15.5 Å². The zero-order chi connectivity index (χ0) is 16.2. The number of ether oxygens (including phenoxy) is 1. The third kappa shape index (κ3) is 4.62. The van der Waals surface area contributed by atoms with Gasteiger partial charge in [0, 0.05) is 11.4 Å². The molecule has 118 valence electrons. The molecule has 0 saturated carbocycles. The van der Waals surface area contributed by atoms with Crippen LogP contribution in [0.1, 0.15) is 39.8 Å². The molecule has 1 aromatic carbocycles. The molecule has 0 unspecified atom stereocenters. The van der Waals surface area contributed by atoms with Gasteiger partial charge in [0.1, 0.15) is 5.60 Å². The Bertz CT molecular complexity index is 668. The van der Waals surface area contributed by atoms with Gasteiger partial charge in [-0.15, -0.1) is 0 Å². The monoisotopic (exact) mass is 301 g/mol. The number of rotatable bonds is 4. The van der Waals surface area contributed by atoms with E-state index in [4.69, 9.17) is 4.74 Å². The number of benzene rings is 1. The lowest BCUT2D eigenvalue weighted by atomic mass is 10.1. The number of hydrogen-bond acceptors (Lipinski definition) is 3. The number of nitrogens with zero attached hydrogens (tertiary/aromatic N) is 1. The Hall–Kier alpha value is -2.30. The van der Waals surface area contributed by atoms with Crippen LogP contribution in [0, 0.1) is 0 Å². The number of nitrogens with one attached hydrogen (secondary N) is 2. The Morgan fingerprint density at radius 1 is 1.41 bits per heavy atom. The Balaban J connectivity index is 1.88. The quantitative estimate of drug-likeness (QED) is 0.900. The molecule has 1 aromatic heterocycles. The summed E-state index contributed by atoms with van der Waals surface area (Å²) in [5.74, 6) is 0. The van der Waals surface area contributed by atoms with Gasteiger partial charge >= 0.3 is 6.09 Å². The lowest BCUT2D eigenvalue weighted by Crippen LogP contribution is -2.37.